The zero-order valence-corrected chi connectivity index (χ0v) is 24.2. The second kappa shape index (κ2) is 18.5. The van der Waals surface area contributed by atoms with E-state index in [-0.39, 0.29) is 5.97 Å². The standard InChI is InChI=1S/C35H50O4/c1-3-5-7-8-9-13-27-37-32-21-19-31(20-22-32)35(36)39-34-25-23-33(24-26-34)38-28-14-18-30-17-12-11-16-29(30)15-10-6-4-2/h3,19-26,29-30H,1,4-18,27-28H2,2H3. The van der Waals surface area contributed by atoms with E-state index in [1.807, 2.05) is 30.3 Å². The molecule has 1 fully saturated rings. The normalized spacial score (nSPS) is 16.9. The van der Waals surface area contributed by atoms with Crippen molar-refractivity contribution in [1.29, 1.82) is 0 Å². The van der Waals surface area contributed by atoms with E-state index >= 15 is 0 Å². The molecule has 2 atom stereocenters. The van der Waals surface area contributed by atoms with E-state index in [2.05, 4.69) is 13.5 Å². The van der Waals surface area contributed by atoms with Gasteiger partial charge in [0.15, 0.2) is 0 Å². The lowest BCUT2D eigenvalue weighted by Crippen LogP contribution is -2.20. The summed E-state index contributed by atoms with van der Waals surface area (Å²) in [6.07, 6.45) is 21.1. The highest BCUT2D eigenvalue weighted by Gasteiger charge is 2.24. The lowest BCUT2D eigenvalue weighted by Gasteiger charge is -2.31. The minimum atomic E-state index is -0.376. The number of carbonyl (C=O) groups excluding carboxylic acids is 1. The molecule has 0 heterocycles. The molecule has 2 aromatic carbocycles. The zero-order chi connectivity index (χ0) is 27.5. The van der Waals surface area contributed by atoms with Crippen molar-refractivity contribution >= 4 is 5.97 Å². The van der Waals surface area contributed by atoms with E-state index in [1.165, 1.54) is 70.6 Å². The number of esters is 1. The lowest BCUT2D eigenvalue weighted by atomic mass is 9.74. The molecule has 1 aliphatic carbocycles. The molecule has 0 radical (unpaired) electrons. The van der Waals surface area contributed by atoms with Gasteiger partial charge in [-0.05, 0) is 92.5 Å². The highest BCUT2D eigenvalue weighted by molar-refractivity contribution is 5.91. The smallest absolute Gasteiger partial charge is 0.343 e. The lowest BCUT2D eigenvalue weighted by molar-refractivity contribution is 0.0734. The zero-order valence-electron chi connectivity index (χ0n) is 24.2. The van der Waals surface area contributed by atoms with Gasteiger partial charge in [0.25, 0.3) is 0 Å². The number of rotatable bonds is 19. The van der Waals surface area contributed by atoms with Crippen LogP contribution in [0.5, 0.6) is 17.2 Å². The first-order valence-electron chi connectivity index (χ1n) is 15.5. The molecule has 0 aromatic heterocycles. The Morgan fingerprint density at radius 2 is 1.31 bits per heavy atom. The van der Waals surface area contributed by atoms with Gasteiger partial charge in [-0.15, -0.1) is 6.58 Å². The molecule has 0 spiro atoms. The third kappa shape index (κ3) is 11.9. The van der Waals surface area contributed by atoms with Gasteiger partial charge in [-0.3, -0.25) is 0 Å². The maximum Gasteiger partial charge on any atom is 0.343 e. The summed E-state index contributed by atoms with van der Waals surface area (Å²) in [4.78, 5) is 12.6. The first-order chi connectivity index (χ1) is 19.2. The Bertz CT molecular complexity index is 934. The molecule has 214 valence electrons. The van der Waals surface area contributed by atoms with Gasteiger partial charge < -0.3 is 14.2 Å². The molecular weight excluding hydrogens is 484 g/mol. The van der Waals surface area contributed by atoms with Crippen LogP contribution in [0.3, 0.4) is 0 Å². The molecule has 4 nitrogen and oxygen atoms in total. The van der Waals surface area contributed by atoms with Crippen LogP contribution in [0, 0.1) is 11.8 Å². The Morgan fingerprint density at radius 3 is 1.95 bits per heavy atom. The Labute approximate surface area is 237 Å². The Balaban J connectivity index is 1.33. The quantitative estimate of drug-likeness (QED) is 0.0778. The van der Waals surface area contributed by atoms with Crippen molar-refractivity contribution in [1.82, 2.24) is 0 Å². The fourth-order valence-electron chi connectivity index (χ4n) is 5.63. The molecule has 2 unspecified atom stereocenters. The number of unbranched alkanes of at least 4 members (excludes halogenated alkanes) is 6. The molecule has 0 N–H and O–H groups in total. The molecule has 4 heteroatoms. The fourth-order valence-corrected chi connectivity index (χ4v) is 5.63. The number of ether oxygens (including phenoxy) is 3. The van der Waals surface area contributed by atoms with Crippen LogP contribution >= 0.6 is 0 Å². The van der Waals surface area contributed by atoms with Crippen LogP contribution in [-0.2, 0) is 0 Å². The number of allylic oxidation sites excluding steroid dienone is 1. The predicted octanol–water partition coefficient (Wildman–Crippen LogP) is 9.97. The van der Waals surface area contributed by atoms with E-state index in [1.54, 1.807) is 24.3 Å². The molecular formula is C35H50O4. The summed E-state index contributed by atoms with van der Waals surface area (Å²) in [7, 11) is 0. The number of benzene rings is 2. The molecule has 0 bridgehead atoms. The molecule has 0 aliphatic heterocycles. The van der Waals surface area contributed by atoms with Crippen molar-refractivity contribution in [2.75, 3.05) is 13.2 Å². The summed E-state index contributed by atoms with van der Waals surface area (Å²) in [6, 6.07) is 14.5. The minimum absolute atomic E-state index is 0.376. The number of hydrogen-bond acceptors (Lipinski definition) is 4. The van der Waals surface area contributed by atoms with Gasteiger partial charge in [-0.1, -0.05) is 77.2 Å². The average Bonchev–Trinajstić information content (AvgIpc) is 2.97. The molecule has 3 rings (SSSR count). The molecule has 0 saturated heterocycles. The van der Waals surface area contributed by atoms with Gasteiger partial charge in [-0.25, -0.2) is 4.79 Å². The van der Waals surface area contributed by atoms with Crippen LogP contribution in [0.25, 0.3) is 0 Å². The summed E-state index contributed by atoms with van der Waals surface area (Å²) >= 11 is 0. The van der Waals surface area contributed by atoms with E-state index in [0.29, 0.717) is 17.9 Å². The summed E-state index contributed by atoms with van der Waals surface area (Å²) in [6.45, 7) is 7.46. The molecule has 0 amide bonds. The minimum Gasteiger partial charge on any atom is -0.494 e. The molecule has 2 aromatic rings. The van der Waals surface area contributed by atoms with E-state index in [9.17, 15) is 4.79 Å². The van der Waals surface area contributed by atoms with Crippen molar-refractivity contribution in [2.45, 2.75) is 103 Å². The maximum atomic E-state index is 12.6. The van der Waals surface area contributed by atoms with Gasteiger partial charge in [0.05, 0.1) is 18.8 Å². The summed E-state index contributed by atoms with van der Waals surface area (Å²) in [5, 5.41) is 0. The summed E-state index contributed by atoms with van der Waals surface area (Å²) in [5.41, 5.74) is 0.503. The van der Waals surface area contributed by atoms with Crippen LogP contribution in [-0.4, -0.2) is 19.2 Å². The Hall–Kier alpha value is -2.75. The largest absolute Gasteiger partial charge is 0.494 e. The van der Waals surface area contributed by atoms with Crippen LogP contribution in [0.15, 0.2) is 61.2 Å². The number of hydrogen-bond donors (Lipinski definition) is 0. The van der Waals surface area contributed by atoms with E-state index in [0.717, 1.165) is 55.6 Å². The van der Waals surface area contributed by atoms with Crippen molar-refractivity contribution < 1.29 is 19.0 Å². The maximum absolute atomic E-state index is 12.6. The van der Waals surface area contributed by atoms with Crippen molar-refractivity contribution in [3.8, 4) is 17.2 Å². The molecule has 39 heavy (non-hydrogen) atoms. The predicted molar refractivity (Wildman–Crippen MR) is 161 cm³/mol. The number of carbonyl (C=O) groups is 1. The first-order valence-corrected chi connectivity index (χ1v) is 15.5. The topological polar surface area (TPSA) is 44.8 Å². The van der Waals surface area contributed by atoms with Gasteiger partial charge in [0, 0.05) is 0 Å². The molecule has 1 saturated carbocycles. The summed E-state index contributed by atoms with van der Waals surface area (Å²) in [5.74, 6) is 3.53. The second-order valence-corrected chi connectivity index (χ2v) is 11.0. The van der Waals surface area contributed by atoms with Gasteiger partial charge >= 0.3 is 5.97 Å². The van der Waals surface area contributed by atoms with Crippen LogP contribution in [0.2, 0.25) is 0 Å². The van der Waals surface area contributed by atoms with Crippen molar-refractivity contribution in [3.63, 3.8) is 0 Å². The molecule has 1 aliphatic rings. The van der Waals surface area contributed by atoms with Gasteiger partial charge in [-0.2, -0.15) is 0 Å². The SMILES string of the molecule is C=CCCCCCCOc1ccc(C(=O)Oc2ccc(OCCCC3CCCCC3CCCCC)cc2)cc1. The van der Waals surface area contributed by atoms with Crippen LogP contribution in [0.4, 0.5) is 0 Å². The Kier molecular flexibility index (Phi) is 14.6. The van der Waals surface area contributed by atoms with E-state index in [4.69, 9.17) is 14.2 Å². The average molecular weight is 535 g/mol. The van der Waals surface area contributed by atoms with Crippen molar-refractivity contribution in [2.24, 2.45) is 11.8 Å². The monoisotopic (exact) mass is 534 g/mol. The van der Waals surface area contributed by atoms with Crippen LogP contribution in [0.1, 0.15) is 114 Å². The summed E-state index contributed by atoms with van der Waals surface area (Å²) < 4.78 is 17.3. The fraction of sp³-hybridized carbons (Fsp3) is 0.571. The van der Waals surface area contributed by atoms with Gasteiger partial charge in [0.2, 0.25) is 0 Å². The van der Waals surface area contributed by atoms with Gasteiger partial charge in [0.1, 0.15) is 17.2 Å². The third-order valence-electron chi connectivity index (χ3n) is 7.93. The highest BCUT2D eigenvalue weighted by Crippen LogP contribution is 2.36. The highest BCUT2D eigenvalue weighted by atomic mass is 16.5. The van der Waals surface area contributed by atoms with Crippen molar-refractivity contribution in [3.05, 3.63) is 66.7 Å². The first kappa shape index (κ1) is 30.8. The van der Waals surface area contributed by atoms with Crippen LogP contribution < -0.4 is 14.2 Å². The third-order valence-corrected chi connectivity index (χ3v) is 7.93. The van der Waals surface area contributed by atoms with E-state index < -0.39 is 0 Å². The Morgan fingerprint density at radius 1 is 0.744 bits per heavy atom. The second-order valence-electron chi connectivity index (χ2n) is 11.0.